The predicted octanol–water partition coefficient (Wildman–Crippen LogP) is 2.02. The highest BCUT2D eigenvalue weighted by molar-refractivity contribution is 5.91. The number of carboxylic acids is 1. The summed E-state index contributed by atoms with van der Waals surface area (Å²) in [4.78, 5) is 21.6. The van der Waals surface area contributed by atoms with Gasteiger partial charge < -0.3 is 20.5 Å². The van der Waals surface area contributed by atoms with E-state index in [0.29, 0.717) is 6.07 Å². The summed E-state index contributed by atoms with van der Waals surface area (Å²) in [6, 6.07) is 1.87. The fourth-order valence-electron chi connectivity index (χ4n) is 1.24. The van der Waals surface area contributed by atoms with Crippen LogP contribution < -0.4 is 15.4 Å². The number of carbonyl (C=O) groups is 2. The van der Waals surface area contributed by atoms with Crippen molar-refractivity contribution in [3.05, 3.63) is 24.0 Å². The van der Waals surface area contributed by atoms with Gasteiger partial charge in [0, 0.05) is 12.6 Å². The number of rotatable bonds is 6. The van der Waals surface area contributed by atoms with Crippen LogP contribution in [0.3, 0.4) is 0 Å². The summed E-state index contributed by atoms with van der Waals surface area (Å²) in [5.41, 5.74) is -0.167. The third-order valence-corrected chi connectivity index (χ3v) is 2.03. The van der Waals surface area contributed by atoms with Crippen LogP contribution in [0.5, 0.6) is 5.75 Å². The molecule has 0 atom stereocenters. The van der Waals surface area contributed by atoms with E-state index in [0.717, 1.165) is 12.1 Å². The first-order valence-electron chi connectivity index (χ1n) is 5.39. The van der Waals surface area contributed by atoms with Gasteiger partial charge in [0.1, 0.15) is 5.82 Å². The van der Waals surface area contributed by atoms with E-state index in [1.165, 1.54) is 0 Å². The second-order valence-corrected chi connectivity index (χ2v) is 3.54. The van der Waals surface area contributed by atoms with E-state index in [9.17, 15) is 22.8 Å². The van der Waals surface area contributed by atoms with Crippen molar-refractivity contribution < 1.29 is 32.6 Å². The third kappa shape index (κ3) is 5.46. The molecule has 0 aliphatic rings. The summed E-state index contributed by atoms with van der Waals surface area (Å²) in [7, 11) is 0. The molecule has 1 aromatic carbocycles. The Morgan fingerprint density at radius 1 is 1.35 bits per heavy atom. The molecule has 2 amide bonds. The second kappa shape index (κ2) is 7.22. The minimum absolute atomic E-state index is 0.145. The zero-order valence-electron chi connectivity index (χ0n) is 10.0. The molecule has 0 bridgehead atoms. The van der Waals surface area contributed by atoms with Crippen LogP contribution >= 0.6 is 0 Å². The van der Waals surface area contributed by atoms with E-state index in [1.54, 1.807) is 0 Å². The van der Waals surface area contributed by atoms with E-state index in [-0.39, 0.29) is 18.7 Å². The van der Waals surface area contributed by atoms with Crippen LogP contribution in [0.4, 0.5) is 23.7 Å². The van der Waals surface area contributed by atoms with Gasteiger partial charge in [-0.3, -0.25) is 4.79 Å². The molecule has 3 N–H and O–H groups in total. The molecule has 0 aliphatic carbocycles. The van der Waals surface area contributed by atoms with Gasteiger partial charge in [0.25, 0.3) is 0 Å². The van der Waals surface area contributed by atoms with Crippen molar-refractivity contribution in [2.75, 3.05) is 11.9 Å². The summed E-state index contributed by atoms with van der Waals surface area (Å²) in [5.74, 6) is -2.44. The first kappa shape index (κ1) is 15.6. The zero-order valence-corrected chi connectivity index (χ0v) is 10.0. The summed E-state index contributed by atoms with van der Waals surface area (Å²) in [6.07, 6.45) is -0.294. The number of alkyl halides is 2. The lowest BCUT2D eigenvalue weighted by molar-refractivity contribution is -0.136. The molecule has 0 spiro atoms. The lowest BCUT2D eigenvalue weighted by atomic mass is 10.3. The van der Waals surface area contributed by atoms with Gasteiger partial charge in [-0.05, 0) is 12.1 Å². The number of benzene rings is 1. The second-order valence-electron chi connectivity index (χ2n) is 3.54. The van der Waals surface area contributed by atoms with Crippen molar-refractivity contribution >= 4 is 17.7 Å². The first-order chi connectivity index (χ1) is 9.38. The molecule has 0 aliphatic heterocycles. The molecule has 1 rings (SSSR count). The van der Waals surface area contributed by atoms with Crippen LogP contribution in [0.15, 0.2) is 18.2 Å². The molecule has 0 saturated carbocycles. The highest BCUT2D eigenvalue weighted by Crippen LogP contribution is 2.26. The molecule has 0 unspecified atom stereocenters. The molecule has 0 aromatic heterocycles. The molecule has 6 nitrogen and oxygen atoms in total. The maximum Gasteiger partial charge on any atom is 0.387 e. The number of hydrogen-bond donors (Lipinski definition) is 3. The number of carboxylic acid groups (broad SMARTS) is 1. The Hall–Kier alpha value is -2.45. The molecular formula is C11H11F3N2O4. The third-order valence-electron chi connectivity index (χ3n) is 2.03. The maximum atomic E-state index is 12.9. The number of ether oxygens (including phenoxy) is 1. The van der Waals surface area contributed by atoms with Crippen molar-refractivity contribution in [3.63, 3.8) is 0 Å². The van der Waals surface area contributed by atoms with Crippen molar-refractivity contribution in [2.24, 2.45) is 0 Å². The van der Waals surface area contributed by atoms with E-state index < -0.39 is 30.2 Å². The summed E-state index contributed by atoms with van der Waals surface area (Å²) < 4.78 is 41.2. The standard InChI is InChI=1S/C11H11F3N2O4/c12-6-1-2-7(8(5-6)20-10(13)14)16-11(19)15-4-3-9(17)18/h1-2,5,10H,3-4H2,(H,17,18)(H2,15,16,19). The fraction of sp³-hybridized carbons (Fsp3) is 0.273. The quantitative estimate of drug-likeness (QED) is 0.748. The SMILES string of the molecule is O=C(O)CCNC(=O)Nc1ccc(F)cc1OC(F)F. The maximum absolute atomic E-state index is 12.9. The fourth-order valence-corrected chi connectivity index (χ4v) is 1.24. The molecular weight excluding hydrogens is 281 g/mol. The van der Waals surface area contributed by atoms with Gasteiger partial charge in [-0.25, -0.2) is 9.18 Å². The summed E-state index contributed by atoms with van der Waals surface area (Å²) >= 11 is 0. The van der Waals surface area contributed by atoms with Crippen molar-refractivity contribution in [3.8, 4) is 5.75 Å². The van der Waals surface area contributed by atoms with Gasteiger partial charge >= 0.3 is 18.6 Å². The first-order valence-corrected chi connectivity index (χ1v) is 5.39. The Balaban J connectivity index is 2.66. The van der Waals surface area contributed by atoms with Gasteiger partial charge in [0.2, 0.25) is 0 Å². The average Bonchev–Trinajstić information content (AvgIpc) is 2.31. The molecule has 0 fully saturated rings. The van der Waals surface area contributed by atoms with E-state index in [4.69, 9.17) is 5.11 Å². The number of urea groups is 1. The van der Waals surface area contributed by atoms with Crippen LogP contribution in [0.2, 0.25) is 0 Å². The molecule has 1 aromatic rings. The van der Waals surface area contributed by atoms with Gasteiger partial charge in [0.05, 0.1) is 12.1 Å². The topological polar surface area (TPSA) is 87.7 Å². The van der Waals surface area contributed by atoms with Gasteiger partial charge in [-0.15, -0.1) is 0 Å². The number of nitrogens with one attached hydrogen (secondary N) is 2. The average molecular weight is 292 g/mol. The van der Waals surface area contributed by atoms with Crippen molar-refractivity contribution in [2.45, 2.75) is 13.0 Å². The Morgan fingerprint density at radius 3 is 2.65 bits per heavy atom. The minimum atomic E-state index is -3.17. The van der Waals surface area contributed by atoms with Crippen molar-refractivity contribution in [1.29, 1.82) is 0 Å². The minimum Gasteiger partial charge on any atom is -0.481 e. The Labute approximate surface area is 111 Å². The lowest BCUT2D eigenvalue weighted by Crippen LogP contribution is -2.30. The highest BCUT2D eigenvalue weighted by atomic mass is 19.3. The molecule has 0 heterocycles. The highest BCUT2D eigenvalue weighted by Gasteiger charge is 2.13. The Morgan fingerprint density at radius 2 is 2.05 bits per heavy atom. The molecule has 0 radical (unpaired) electrons. The zero-order chi connectivity index (χ0) is 15.1. The summed E-state index contributed by atoms with van der Waals surface area (Å²) in [5, 5.41) is 12.7. The van der Waals surface area contributed by atoms with E-state index in [2.05, 4.69) is 15.4 Å². The largest absolute Gasteiger partial charge is 0.481 e. The molecule has 9 heteroatoms. The summed E-state index contributed by atoms with van der Waals surface area (Å²) in [6.45, 7) is -3.32. The molecule has 110 valence electrons. The molecule has 0 saturated heterocycles. The predicted molar refractivity (Wildman–Crippen MR) is 62.3 cm³/mol. The molecule has 20 heavy (non-hydrogen) atoms. The van der Waals surface area contributed by atoms with Crippen LogP contribution in [0.25, 0.3) is 0 Å². The number of hydrogen-bond acceptors (Lipinski definition) is 3. The Bertz CT molecular complexity index is 497. The smallest absolute Gasteiger partial charge is 0.387 e. The van der Waals surface area contributed by atoms with Crippen LogP contribution in [0.1, 0.15) is 6.42 Å². The van der Waals surface area contributed by atoms with Gasteiger partial charge in [-0.2, -0.15) is 8.78 Å². The van der Waals surface area contributed by atoms with Gasteiger partial charge in [-0.1, -0.05) is 0 Å². The Kier molecular flexibility index (Phi) is 5.63. The van der Waals surface area contributed by atoms with Crippen LogP contribution in [0, 0.1) is 5.82 Å². The van der Waals surface area contributed by atoms with Crippen LogP contribution in [-0.4, -0.2) is 30.3 Å². The normalized spacial score (nSPS) is 10.2. The van der Waals surface area contributed by atoms with Gasteiger partial charge in [0.15, 0.2) is 5.75 Å². The number of amides is 2. The van der Waals surface area contributed by atoms with Crippen LogP contribution in [-0.2, 0) is 4.79 Å². The van der Waals surface area contributed by atoms with E-state index in [1.807, 2.05) is 0 Å². The van der Waals surface area contributed by atoms with E-state index >= 15 is 0 Å². The number of carbonyl (C=O) groups excluding carboxylic acids is 1. The number of aliphatic carboxylic acids is 1. The van der Waals surface area contributed by atoms with Crippen molar-refractivity contribution in [1.82, 2.24) is 5.32 Å². The number of halogens is 3. The monoisotopic (exact) mass is 292 g/mol. The number of anilines is 1. The lowest BCUT2D eigenvalue weighted by Gasteiger charge is -2.12.